The highest BCUT2D eigenvalue weighted by Gasteiger charge is 2.39. The van der Waals surface area contributed by atoms with Crippen LogP contribution in [0.5, 0.6) is 0 Å². The molecule has 0 aliphatic carbocycles. The molecule has 1 aliphatic rings. The number of hydrogen-bond donors (Lipinski definition) is 0. The van der Waals surface area contributed by atoms with Gasteiger partial charge in [0, 0.05) is 22.9 Å². The van der Waals surface area contributed by atoms with E-state index >= 15 is 0 Å². The first-order valence-electron chi connectivity index (χ1n) is 5.90. The Kier molecular flexibility index (Phi) is 4.83. The minimum Gasteiger partial charge on any atom is -0.207 e. The van der Waals surface area contributed by atoms with E-state index in [9.17, 15) is 8.42 Å². The molecule has 106 valence electrons. The number of benzene rings is 1. The summed E-state index contributed by atoms with van der Waals surface area (Å²) in [7, 11) is -3.51. The quantitative estimate of drug-likeness (QED) is 0.742. The lowest BCUT2D eigenvalue weighted by molar-refractivity contribution is 0.375. The summed E-state index contributed by atoms with van der Waals surface area (Å²) in [6.07, 6.45) is 0.839. The molecule has 7 heteroatoms. The normalized spacial score (nSPS) is 24.8. The van der Waals surface area contributed by atoms with Crippen molar-refractivity contribution in [1.82, 2.24) is 4.31 Å². The molecule has 2 rings (SSSR count). The molecule has 3 nitrogen and oxygen atoms in total. The summed E-state index contributed by atoms with van der Waals surface area (Å²) >= 11 is 15.1. The van der Waals surface area contributed by atoms with Crippen molar-refractivity contribution < 1.29 is 8.42 Å². The molecule has 0 aromatic heterocycles. The molecule has 1 saturated heterocycles. The zero-order chi connectivity index (χ0) is 14.2. The second-order valence-corrected chi connectivity index (χ2v) is 8.14. The molecular formula is C12H14BrCl2NO2S. The molecule has 1 aromatic rings. The highest BCUT2D eigenvalue weighted by atomic mass is 79.9. The Hall–Kier alpha value is 0.190. The van der Waals surface area contributed by atoms with Crippen molar-refractivity contribution in [3.05, 3.63) is 27.7 Å². The molecular weight excluding hydrogens is 373 g/mol. The third kappa shape index (κ3) is 2.95. The molecule has 1 aromatic carbocycles. The van der Waals surface area contributed by atoms with Crippen molar-refractivity contribution in [1.29, 1.82) is 0 Å². The minimum absolute atomic E-state index is 0.138. The van der Waals surface area contributed by atoms with Crippen molar-refractivity contribution in [2.75, 3.05) is 12.4 Å². The fourth-order valence-corrected chi connectivity index (χ4v) is 5.24. The van der Waals surface area contributed by atoms with Crippen molar-refractivity contribution in [3.63, 3.8) is 0 Å². The zero-order valence-electron chi connectivity index (χ0n) is 10.3. The topological polar surface area (TPSA) is 37.4 Å². The van der Waals surface area contributed by atoms with Crippen LogP contribution in [0.1, 0.15) is 13.3 Å². The Morgan fingerprint density at radius 2 is 2.16 bits per heavy atom. The second-order valence-electron chi connectivity index (χ2n) is 4.68. The summed E-state index contributed by atoms with van der Waals surface area (Å²) in [5.74, 6) is 0.595. The molecule has 0 radical (unpaired) electrons. The monoisotopic (exact) mass is 385 g/mol. The first kappa shape index (κ1) is 15.6. The van der Waals surface area contributed by atoms with Gasteiger partial charge in [-0.05, 0) is 46.5 Å². The molecule has 1 aliphatic heterocycles. The highest BCUT2D eigenvalue weighted by Crippen LogP contribution is 2.33. The summed E-state index contributed by atoms with van der Waals surface area (Å²) in [5, 5.41) is 0.489. The van der Waals surface area contributed by atoms with Gasteiger partial charge in [-0.2, -0.15) is 4.31 Å². The van der Waals surface area contributed by atoms with E-state index in [1.807, 2.05) is 6.92 Å². The number of halogens is 3. The Balaban J connectivity index is 2.39. The van der Waals surface area contributed by atoms with E-state index in [1.54, 1.807) is 6.07 Å². The first-order chi connectivity index (χ1) is 8.87. The standard InChI is InChI=1S/C12H14BrCl2NO2S/c1-8-4-5-16(12(8)7-14)19(17,18)9-2-3-11(15)10(13)6-9/h2-3,6,8,12H,4-5,7H2,1H3. The summed E-state index contributed by atoms with van der Waals surface area (Å²) < 4.78 is 27.3. The van der Waals surface area contributed by atoms with Crippen LogP contribution in [0.15, 0.2) is 27.6 Å². The molecule has 0 spiro atoms. The van der Waals surface area contributed by atoms with E-state index < -0.39 is 10.0 Å². The van der Waals surface area contributed by atoms with Crippen LogP contribution in [0.3, 0.4) is 0 Å². The highest BCUT2D eigenvalue weighted by molar-refractivity contribution is 9.10. The van der Waals surface area contributed by atoms with E-state index in [4.69, 9.17) is 23.2 Å². The van der Waals surface area contributed by atoms with Crippen LogP contribution >= 0.6 is 39.1 Å². The van der Waals surface area contributed by atoms with Crippen molar-refractivity contribution >= 4 is 49.2 Å². The largest absolute Gasteiger partial charge is 0.243 e. The fraction of sp³-hybridized carbons (Fsp3) is 0.500. The van der Waals surface area contributed by atoms with Gasteiger partial charge in [0.2, 0.25) is 10.0 Å². The fourth-order valence-electron chi connectivity index (χ4n) is 2.27. The first-order valence-corrected chi connectivity index (χ1v) is 9.05. The summed E-state index contributed by atoms with van der Waals surface area (Å²) in [6.45, 7) is 2.54. The van der Waals surface area contributed by atoms with Gasteiger partial charge in [0.05, 0.1) is 9.92 Å². The van der Waals surface area contributed by atoms with Crippen LogP contribution in [0, 0.1) is 5.92 Å². The minimum atomic E-state index is -3.51. The SMILES string of the molecule is CC1CCN(S(=O)(=O)c2ccc(Cl)c(Br)c2)C1CCl. The maximum absolute atomic E-state index is 12.6. The van der Waals surface area contributed by atoms with Crippen LogP contribution in [0.25, 0.3) is 0 Å². The van der Waals surface area contributed by atoms with Gasteiger partial charge in [0.1, 0.15) is 0 Å². The Bertz CT molecular complexity index is 579. The lowest BCUT2D eigenvalue weighted by Crippen LogP contribution is -2.38. The van der Waals surface area contributed by atoms with Crippen molar-refractivity contribution in [3.8, 4) is 0 Å². The molecule has 1 heterocycles. The molecule has 0 amide bonds. The molecule has 2 atom stereocenters. The summed E-state index contributed by atoms with van der Waals surface area (Å²) in [6, 6.07) is 4.50. The van der Waals surface area contributed by atoms with Crippen molar-refractivity contribution in [2.45, 2.75) is 24.3 Å². The van der Waals surface area contributed by atoms with Crippen LogP contribution < -0.4 is 0 Å². The molecule has 19 heavy (non-hydrogen) atoms. The predicted octanol–water partition coefficient (Wildman–Crippen LogP) is 3.74. The van der Waals surface area contributed by atoms with E-state index in [1.165, 1.54) is 16.4 Å². The third-order valence-corrected chi connectivity index (χ3v) is 6.94. The third-order valence-electron chi connectivity index (χ3n) is 3.49. The van der Waals surface area contributed by atoms with E-state index in [0.717, 1.165) is 6.42 Å². The van der Waals surface area contributed by atoms with Crippen molar-refractivity contribution in [2.24, 2.45) is 5.92 Å². The molecule has 0 saturated carbocycles. The van der Waals surface area contributed by atoms with E-state index in [0.29, 0.717) is 21.9 Å². The molecule has 0 bridgehead atoms. The van der Waals surface area contributed by atoms with Gasteiger partial charge in [-0.25, -0.2) is 8.42 Å². The lowest BCUT2D eigenvalue weighted by atomic mass is 10.1. The predicted molar refractivity (Wildman–Crippen MR) is 81.3 cm³/mol. The molecule has 1 fully saturated rings. The number of hydrogen-bond acceptors (Lipinski definition) is 2. The Labute approximate surface area is 132 Å². The van der Waals surface area contributed by atoms with Gasteiger partial charge in [0.25, 0.3) is 0 Å². The van der Waals surface area contributed by atoms with Gasteiger partial charge in [-0.3, -0.25) is 0 Å². The smallest absolute Gasteiger partial charge is 0.207 e. The van der Waals surface area contributed by atoms with Crippen LogP contribution in [-0.2, 0) is 10.0 Å². The summed E-state index contributed by atoms with van der Waals surface area (Å²) in [5.41, 5.74) is 0. The van der Waals surface area contributed by atoms with E-state index in [2.05, 4.69) is 15.9 Å². The Morgan fingerprint density at radius 3 is 2.74 bits per heavy atom. The van der Waals surface area contributed by atoms with Crippen LogP contribution in [0.4, 0.5) is 0 Å². The maximum Gasteiger partial charge on any atom is 0.243 e. The maximum atomic E-state index is 12.6. The zero-order valence-corrected chi connectivity index (χ0v) is 14.2. The van der Waals surface area contributed by atoms with Gasteiger partial charge >= 0.3 is 0 Å². The molecule has 0 N–H and O–H groups in total. The average Bonchev–Trinajstić information content (AvgIpc) is 2.74. The van der Waals surface area contributed by atoms with E-state index in [-0.39, 0.29) is 16.9 Å². The van der Waals surface area contributed by atoms with Gasteiger partial charge in [0.15, 0.2) is 0 Å². The number of nitrogens with zero attached hydrogens (tertiary/aromatic N) is 1. The molecule has 2 unspecified atom stereocenters. The second kappa shape index (κ2) is 5.90. The summed E-state index contributed by atoms with van der Waals surface area (Å²) in [4.78, 5) is 0.244. The lowest BCUT2D eigenvalue weighted by Gasteiger charge is -2.24. The average molecular weight is 387 g/mol. The number of alkyl halides is 1. The van der Waals surface area contributed by atoms with Gasteiger partial charge in [-0.1, -0.05) is 18.5 Å². The van der Waals surface area contributed by atoms with Crippen LogP contribution in [-0.4, -0.2) is 31.2 Å². The van der Waals surface area contributed by atoms with Gasteiger partial charge in [-0.15, -0.1) is 11.6 Å². The Morgan fingerprint density at radius 1 is 1.47 bits per heavy atom. The van der Waals surface area contributed by atoms with Gasteiger partial charge < -0.3 is 0 Å². The number of rotatable bonds is 3. The van der Waals surface area contributed by atoms with Crippen LogP contribution in [0.2, 0.25) is 5.02 Å². The number of sulfonamides is 1.